The van der Waals surface area contributed by atoms with Gasteiger partial charge in [-0.1, -0.05) is 0 Å². The largest absolute Gasteiger partial charge is 0.468 e. The van der Waals surface area contributed by atoms with Crippen molar-refractivity contribution in [2.24, 2.45) is 0 Å². The second kappa shape index (κ2) is 5.76. The molecule has 1 rings (SSSR count). The number of halogens is 3. The maximum absolute atomic E-state index is 12.4. The van der Waals surface area contributed by atoms with Crippen LogP contribution in [0.3, 0.4) is 0 Å². The third-order valence-corrected chi connectivity index (χ3v) is 2.39. The first-order chi connectivity index (χ1) is 9.16. The molecule has 1 amide bonds. The van der Waals surface area contributed by atoms with E-state index in [4.69, 9.17) is 0 Å². The van der Waals surface area contributed by atoms with Crippen LogP contribution in [-0.4, -0.2) is 42.5 Å². The van der Waals surface area contributed by atoms with E-state index < -0.39 is 41.4 Å². The van der Waals surface area contributed by atoms with Crippen LogP contribution < -0.4 is 5.56 Å². The highest BCUT2D eigenvalue weighted by Gasteiger charge is 2.32. The van der Waals surface area contributed by atoms with Crippen LogP contribution in [0.2, 0.25) is 0 Å². The maximum atomic E-state index is 12.4. The fourth-order valence-corrected chi connectivity index (χ4v) is 1.34. The van der Waals surface area contributed by atoms with E-state index in [1.165, 1.54) is 7.05 Å². The van der Waals surface area contributed by atoms with Gasteiger partial charge >= 0.3 is 12.1 Å². The van der Waals surface area contributed by atoms with Crippen LogP contribution in [-0.2, 0) is 15.7 Å². The molecule has 0 atom stereocenters. The van der Waals surface area contributed by atoms with E-state index in [9.17, 15) is 27.6 Å². The number of esters is 1. The van der Waals surface area contributed by atoms with Crippen molar-refractivity contribution >= 4 is 11.9 Å². The number of hydrogen-bond acceptors (Lipinski definition) is 4. The normalized spacial score (nSPS) is 11.1. The molecule has 110 valence electrons. The number of methoxy groups -OCH3 is 1. The predicted octanol–water partition coefficient (Wildman–Crippen LogP) is 0.639. The number of rotatable bonds is 3. The zero-order valence-corrected chi connectivity index (χ0v) is 10.6. The first-order valence-electron chi connectivity index (χ1n) is 5.29. The summed E-state index contributed by atoms with van der Waals surface area (Å²) >= 11 is 0. The predicted molar refractivity (Wildman–Crippen MR) is 61.0 cm³/mol. The molecule has 1 N–H and O–H groups in total. The highest BCUT2D eigenvalue weighted by atomic mass is 19.4. The van der Waals surface area contributed by atoms with Gasteiger partial charge in [-0.25, -0.2) is 0 Å². The summed E-state index contributed by atoms with van der Waals surface area (Å²) in [4.78, 5) is 36.7. The van der Waals surface area contributed by atoms with Gasteiger partial charge < -0.3 is 14.6 Å². The topological polar surface area (TPSA) is 79.5 Å². The average Bonchev–Trinajstić information content (AvgIpc) is 2.36. The Kier molecular flexibility index (Phi) is 4.53. The molecular formula is C11H11F3N2O4. The molecule has 0 spiro atoms. The first-order valence-corrected chi connectivity index (χ1v) is 5.29. The lowest BCUT2D eigenvalue weighted by Gasteiger charge is -2.15. The van der Waals surface area contributed by atoms with Gasteiger partial charge in [0.25, 0.3) is 11.5 Å². The molecule has 6 nitrogen and oxygen atoms in total. The number of alkyl halides is 3. The number of carbonyl (C=O) groups is 2. The summed E-state index contributed by atoms with van der Waals surface area (Å²) in [7, 11) is 2.34. The molecular weight excluding hydrogens is 281 g/mol. The number of carbonyl (C=O) groups excluding carboxylic acids is 2. The minimum Gasteiger partial charge on any atom is -0.468 e. The minimum absolute atomic E-state index is 0.421. The molecule has 1 aromatic rings. The summed E-state index contributed by atoms with van der Waals surface area (Å²) in [5.41, 5.74) is -2.93. The molecule has 0 aliphatic heterocycles. The summed E-state index contributed by atoms with van der Waals surface area (Å²) in [5.74, 6) is -1.60. The van der Waals surface area contributed by atoms with Crippen LogP contribution in [0.5, 0.6) is 0 Å². The van der Waals surface area contributed by atoms with Crippen molar-refractivity contribution in [1.82, 2.24) is 9.88 Å². The van der Waals surface area contributed by atoms with E-state index in [0.717, 1.165) is 18.1 Å². The third kappa shape index (κ3) is 3.59. The molecule has 0 aromatic carbocycles. The van der Waals surface area contributed by atoms with E-state index in [2.05, 4.69) is 4.74 Å². The minimum atomic E-state index is -4.71. The van der Waals surface area contributed by atoms with Gasteiger partial charge in [-0.15, -0.1) is 0 Å². The van der Waals surface area contributed by atoms with Gasteiger partial charge in [-0.05, 0) is 12.1 Å². The fraction of sp³-hybridized carbons (Fsp3) is 0.364. The van der Waals surface area contributed by atoms with Crippen LogP contribution in [0.15, 0.2) is 16.9 Å². The Hall–Kier alpha value is -2.32. The van der Waals surface area contributed by atoms with Gasteiger partial charge in [-0.3, -0.25) is 14.4 Å². The number of hydrogen-bond donors (Lipinski definition) is 1. The van der Waals surface area contributed by atoms with E-state index in [0.29, 0.717) is 6.07 Å². The number of amides is 1. The Balaban J connectivity index is 3.01. The Labute approximate surface area is 111 Å². The second-order valence-electron chi connectivity index (χ2n) is 3.85. The highest BCUT2D eigenvalue weighted by Crippen LogP contribution is 2.26. The van der Waals surface area contributed by atoms with Crippen LogP contribution in [0.1, 0.15) is 16.1 Å². The molecule has 0 aliphatic rings. The fourth-order valence-electron chi connectivity index (χ4n) is 1.34. The zero-order valence-electron chi connectivity index (χ0n) is 10.6. The number of nitrogens with zero attached hydrogens (tertiary/aromatic N) is 1. The number of nitrogens with one attached hydrogen (secondary N) is 1. The molecule has 0 bridgehead atoms. The Morgan fingerprint density at radius 3 is 2.40 bits per heavy atom. The van der Waals surface area contributed by atoms with E-state index in [1.807, 2.05) is 0 Å². The second-order valence-corrected chi connectivity index (χ2v) is 3.85. The van der Waals surface area contributed by atoms with Crippen LogP contribution >= 0.6 is 0 Å². The zero-order chi connectivity index (χ0) is 15.5. The summed E-state index contributed by atoms with van der Waals surface area (Å²) in [6, 6.07) is 1.35. The number of likely N-dealkylation sites (N-methyl/N-ethyl adjacent to an activating group) is 1. The van der Waals surface area contributed by atoms with Gasteiger partial charge in [-0.2, -0.15) is 13.2 Å². The van der Waals surface area contributed by atoms with Gasteiger partial charge in [0.15, 0.2) is 0 Å². The summed E-state index contributed by atoms with van der Waals surface area (Å²) in [6.45, 7) is -0.421. The monoisotopic (exact) mass is 292 g/mol. The first kappa shape index (κ1) is 15.7. The van der Waals surface area contributed by atoms with Gasteiger partial charge in [0.1, 0.15) is 17.8 Å². The van der Waals surface area contributed by atoms with Gasteiger partial charge in [0.2, 0.25) is 0 Å². The smallest absolute Gasteiger partial charge is 0.431 e. The van der Waals surface area contributed by atoms with Gasteiger partial charge in [0, 0.05) is 7.05 Å². The number of pyridine rings is 1. The van der Waals surface area contributed by atoms with Crippen molar-refractivity contribution in [1.29, 1.82) is 0 Å². The van der Waals surface area contributed by atoms with E-state index in [-0.39, 0.29) is 0 Å². The highest BCUT2D eigenvalue weighted by molar-refractivity contribution is 5.95. The quantitative estimate of drug-likeness (QED) is 0.829. The van der Waals surface area contributed by atoms with E-state index in [1.54, 1.807) is 4.98 Å². The van der Waals surface area contributed by atoms with Crippen LogP contribution in [0.25, 0.3) is 0 Å². The molecule has 1 heterocycles. The lowest BCUT2D eigenvalue weighted by Crippen LogP contribution is -2.36. The Bertz CT molecular complexity index is 580. The van der Waals surface area contributed by atoms with Gasteiger partial charge in [0.05, 0.1) is 7.11 Å². The van der Waals surface area contributed by atoms with Crippen molar-refractivity contribution in [3.8, 4) is 0 Å². The molecule has 0 fully saturated rings. The SMILES string of the molecule is COC(=O)CN(C)C(=O)c1ccc(C(F)(F)F)[nH]c1=O. The van der Waals surface area contributed by atoms with E-state index >= 15 is 0 Å². The molecule has 0 saturated carbocycles. The van der Waals surface area contributed by atoms with Crippen molar-refractivity contribution in [3.05, 3.63) is 33.7 Å². The number of ether oxygens (including phenoxy) is 1. The molecule has 9 heteroatoms. The molecule has 0 unspecified atom stereocenters. The van der Waals surface area contributed by atoms with Crippen molar-refractivity contribution < 1.29 is 27.5 Å². The van der Waals surface area contributed by atoms with Crippen LogP contribution in [0, 0.1) is 0 Å². The molecule has 0 aliphatic carbocycles. The van der Waals surface area contributed by atoms with Crippen LogP contribution in [0.4, 0.5) is 13.2 Å². The number of aromatic nitrogens is 1. The van der Waals surface area contributed by atoms with Crippen molar-refractivity contribution in [2.45, 2.75) is 6.18 Å². The average molecular weight is 292 g/mol. The molecule has 20 heavy (non-hydrogen) atoms. The molecule has 0 radical (unpaired) electrons. The summed E-state index contributed by atoms with van der Waals surface area (Å²) in [6.07, 6.45) is -4.71. The Morgan fingerprint density at radius 1 is 1.35 bits per heavy atom. The van der Waals surface area contributed by atoms with Crippen molar-refractivity contribution in [2.75, 3.05) is 20.7 Å². The lowest BCUT2D eigenvalue weighted by molar-refractivity contribution is -0.141. The summed E-state index contributed by atoms with van der Waals surface area (Å²) < 4.78 is 41.4. The Morgan fingerprint density at radius 2 is 1.95 bits per heavy atom. The summed E-state index contributed by atoms with van der Waals surface area (Å²) in [5, 5.41) is 0. The van der Waals surface area contributed by atoms with Crippen molar-refractivity contribution in [3.63, 3.8) is 0 Å². The number of aromatic amines is 1. The standard InChI is InChI=1S/C11H11F3N2O4/c1-16(5-8(17)20-2)10(19)6-3-4-7(11(12,13)14)15-9(6)18/h3-4H,5H2,1-2H3,(H,15,18). The number of H-pyrrole nitrogens is 1. The molecule has 1 aromatic heterocycles. The third-order valence-electron chi connectivity index (χ3n) is 2.39. The maximum Gasteiger partial charge on any atom is 0.431 e. The molecule has 0 saturated heterocycles. The lowest BCUT2D eigenvalue weighted by atomic mass is 10.2.